The van der Waals surface area contributed by atoms with Crippen LogP contribution in [0, 0.1) is 0 Å². The summed E-state index contributed by atoms with van der Waals surface area (Å²) >= 11 is 4.03. The van der Waals surface area contributed by atoms with Crippen molar-refractivity contribution in [1.82, 2.24) is 4.98 Å². The molecule has 3 nitrogen and oxygen atoms in total. The first-order valence-corrected chi connectivity index (χ1v) is 4.56. The molecule has 0 atom stereocenters. The van der Waals surface area contributed by atoms with Gasteiger partial charge in [-0.15, -0.1) is 11.3 Å². The van der Waals surface area contributed by atoms with E-state index in [-0.39, 0.29) is 5.82 Å². The van der Waals surface area contributed by atoms with Crippen LogP contribution in [0.25, 0.3) is 0 Å². The molecule has 1 N–H and O–H groups in total. The summed E-state index contributed by atoms with van der Waals surface area (Å²) in [5.74, 6) is -2.13. The molecule has 0 saturated carbocycles. The van der Waals surface area contributed by atoms with Crippen molar-refractivity contribution < 1.29 is 18.0 Å². The molecule has 1 aromatic rings. The van der Waals surface area contributed by atoms with Crippen molar-refractivity contribution in [3.8, 4) is 0 Å². The highest BCUT2D eigenvalue weighted by Crippen LogP contribution is 2.22. The van der Waals surface area contributed by atoms with Crippen molar-refractivity contribution in [1.29, 1.82) is 0 Å². The molecule has 0 aromatic carbocycles. The van der Waals surface area contributed by atoms with Crippen LogP contribution in [-0.4, -0.2) is 17.1 Å². The Balaban J connectivity index is 2.65. The second-order valence-corrected chi connectivity index (χ2v) is 4.07. The molecule has 0 aliphatic heterocycles. The maximum absolute atomic E-state index is 11.7. The number of aromatic nitrogens is 1. The van der Waals surface area contributed by atoms with Gasteiger partial charge in [0, 0.05) is 5.38 Å². The molecule has 0 saturated heterocycles. The third kappa shape index (κ3) is 2.96. The number of rotatable bonds is 1. The van der Waals surface area contributed by atoms with Gasteiger partial charge in [0.05, 0.1) is 0 Å². The standard InChI is InChI=1S/C5H2BrF3N2OS/c6-4-11-2(1-13-4)10-3(12)5(7,8)9/h1H,(H,10,12). The number of carbonyl (C=O) groups is 1. The quantitative estimate of drug-likeness (QED) is 0.855. The van der Waals surface area contributed by atoms with E-state index in [4.69, 9.17) is 0 Å². The molecule has 1 amide bonds. The highest BCUT2D eigenvalue weighted by atomic mass is 79.9. The molecule has 0 unspecified atom stereocenters. The van der Waals surface area contributed by atoms with Crippen LogP contribution >= 0.6 is 27.3 Å². The molecule has 1 rings (SSSR count). The molecule has 0 bridgehead atoms. The van der Waals surface area contributed by atoms with Crippen molar-refractivity contribution >= 4 is 39.0 Å². The Morgan fingerprint density at radius 3 is 2.62 bits per heavy atom. The molecule has 1 aromatic heterocycles. The van der Waals surface area contributed by atoms with Gasteiger partial charge < -0.3 is 5.32 Å². The summed E-state index contributed by atoms with van der Waals surface area (Å²) in [5, 5.41) is 2.91. The van der Waals surface area contributed by atoms with Gasteiger partial charge in [-0.25, -0.2) is 4.98 Å². The average molecular weight is 275 g/mol. The van der Waals surface area contributed by atoms with Gasteiger partial charge in [-0.2, -0.15) is 13.2 Å². The van der Waals surface area contributed by atoms with E-state index in [1.165, 1.54) is 5.38 Å². The average Bonchev–Trinajstić information content (AvgIpc) is 2.33. The van der Waals surface area contributed by atoms with Crippen LogP contribution in [0.3, 0.4) is 0 Å². The van der Waals surface area contributed by atoms with Gasteiger partial charge in [0.25, 0.3) is 0 Å². The van der Waals surface area contributed by atoms with Gasteiger partial charge in [-0.05, 0) is 15.9 Å². The van der Waals surface area contributed by atoms with E-state index in [1.807, 2.05) is 0 Å². The number of hydrogen-bond acceptors (Lipinski definition) is 3. The highest BCUT2D eigenvalue weighted by molar-refractivity contribution is 9.11. The van der Waals surface area contributed by atoms with E-state index in [0.717, 1.165) is 11.3 Å². The zero-order valence-corrected chi connectivity index (χ0v) is 8.26. The Labute approximate surface area is 83.1 Å². The number of carbonyl (C=O) groups excluding carboxylic acids is 1. The Kier molecular flexibility index (Phi) is 2.91. The summed E-state index contributed by atoms with van der Waals surface area (Å²) in [6.07, 6.45) is -4.88. The zero-order chi connectivity index (χ0) is 10.1. The van der Waals surface area contributed by atoms with Crippen LogP contribution in [0.15, 0.2) is 9.30 Å². The van der Waals surface area contributed by atoms with Crippen molar-refractivity contribution in [3.05, 3.63) is 9.30 Å². The molecule has 0 fully saturated rings. The van der Waals surface area contributed by atoms with Crippen LogP contribution in [-0.2, 0) is 4.79 Å². The first kappa shape index (κ1) is 10.5. The second-order valence-electron chi connectivity index (χ2n) is 1.94. The minimum atomic E-state index is -4.88. The number of hydrogen-bond donors (Lipinski definition) is 1. The third-order valence-electron chi connectivity index (χ3n) is 0.975. The summed E-state index contributed by atoms with van der Waals surface area (Å²) < 4.78 is 35.5. The summed E-state index contributed by atoms with van der Waals surface area (Å²) in [7, 11) is 0. The molecule has 0 aliphatic carbocycles. The van der Waals surface area contributed by atoms with Crippen LogP contribution in [0.2, 0.25) is 0 Å². The summed E-state index contributed by atoms with van der Waals surface area (Å²) in [4.78, 5) is 13.9. The number of thiazole rings is 1. The lowest BCUT2D eigenvalue weighted by Crippen LogP contribution is -2.30. The minimum Gasteiger partial charge on any atom is -0.302 e. The van der Waals surface area contributed by atoms with E-state index in [9.17, 15) is 18.0 Å². The van der Waals surface area contributed by atoms with E-state index >= 15 is 0 Å². The smallest absolute Gasteiger partial charge is 0.302 e. The van der Waals surface area contributed by atoms with Gasteiger partial charge in [0.1, 0.15) is 5.82 Å². The van der Waals surface area contributed by atoms with Crippen molar-refractivity contribution in [2.75, 3.05) is 5.32 Å². The molecule has 0 radical (unpaired) electrons. The SMILES string of the molecule is O=C(Nc1csc(Br)n1)C(F)(F)F. The van der Waals surface area contributed by atoms with E-state index in [2.05, 4.69) is 20.9 Å². The number of halogens is 4. The van der Waals surface area contributed by atoms with E-state index in [1.54, 1.807) is 5.32 Å². The number of alkyl halides is 3. The monoisotopic (exact) mass is 274 g/mol. The van der Waals surface area contributed by atoms with Crippen LogP contribution < -0.4 is 5.32 Å². The lowest BCUT2D eigenvalue weighted by molar-refractivity contribution is -0.167. The normalized spacial score (nSPS) is 11.4. The molecule has 1 heterocycles. The van der Waals surface area contributed by atoms with Crippen molar-refractivity contribution in [3.63, 3.8) is 0 Å². The van der Waals surface area contributed by atoms with Crippen molar-refractivity contribution in [2.24, 2.45) is 0 Å². The van der Waals surface area contributed by atoms with Crippen molar-refractivity contribution in [2.45, 2.75) is 6.18 Å². The number of nitrogens with one attached hydrogen (secondary N) is 1. The molecule has 0 aliphatic rings. The van der Waals surface area contributed by atoms with Gasteiger partial charge in [-0.1, -0.05) is 0 Å². The van der Waals surface area contributed by atoms with Crippen LogP contribution in [0.4, 0.5) is 19.0 Å². The molecule has 72 valence electrons. The maximum atomic E-state index is 11.7. The third-order valence-corrected chi connectivity index (χ3v) is 2.34. The largest absolute Gasteiger partial charge is 0.471 e. The fourth-order valence-corrected chi connectivity index (χ4v) is 1.44. The molecule has 0 spiro atoms. The molecular weight excluding hydrogens is 273 g/mol. The number of amides is 1. The predicted molar refractivity (Wildman–Crippen MR) is 44.5 cm³/mol. The maximum Gasteiger partial charge on any atom is 0.471 e. The lowest BCUT2D eigenvalue weighted by atomic mass is 10.6. The number of anilines is 1. The zero-order valence-electron chi connectivity index (χ0n) is 5.85. The Hall–Kier alpha value is -0.630. The first-order valence-electron chi connectivity index (χ1n) is 2.89. The molecular formula is C5H2BrF3N2OS. The summed E-state index contributed by atoms with van der Waals surface area (Å²) in [6.45, 7) is 0. The molecule has 13 heavy (non-hydrogen) atoms. The van der Waals surface area contributed by atoms with Crippen LogP contribution in [0.1, 0.15) is 0 Å². The summed E-state index contributed by atoms with van der Waals surface area (Å²) in [6, 6.07) is 0. The predicted octanol–water partition coefficient (Wildman–Crippen LogP) is 2.41. The number of nitrogens with zero attached hydrogens (tertiary/aromatic N) is 1. The second kappa shape index (κ2) is 3.62. The van der Waals surface area contributed by atoms with Gasteiger partial charge >= 0.3 is 12.1 Å². The van der Waals surface area contributed by atoms with Gasteiger partial charge in [-0.3, -0.25) is 4.79 Å². The van der Waals surface area contributed by atoms with E-state index < -0.39 is 12.1 Å². The van der Waals surface area contributed by atoms with Gasteiger partial charge in [0.15, 0.2) is 3.92 Å². The fraction of sp³-hybridized carbons (Fsp3) is 0.200. The first-order chi connectivity index (χ1) is 5.89. The summed E-state index contributed by atoms with van der Waals surface area (Å²) in [5.41, 5.74) is 0. The Morgan fingerprint density at radius 1 is 1.62 bits per heavy atom. The highest BCUT2D eigenvalue weighted by Gasteiger charge is 2.38. The Morgan fingerprint density at radius 2 is 2.23 bits per heavy atom. The molecule has 8 heteroatoms. The lowest BCUT2D eigenvalue weighted by Gasteiger charge is -2.04. The van der Waals surface area contributed by atoms with E-state index in [0.29, 0.717) is 3.92 Å². The minimum absolute atomic E-state index is 0.112. The van der Waals surface area contributed by atoms with Crippen LogP contribution in [0.5, 0.6) is 0 Å². The topological polar surface area (TPSA) is 42.0 Å². The fourth-order valence-electron chi connectivity index (χ4n) is 0.496. The Bertz CT molecular complexity index is 324. The van der Waals surface area contributed by atoms with Gasteiger partial charge in [0.2, 0.25) is 0 Å².